The van der Waals surface area contributed by atoms with E-state index < -0.39 is 4.92 Å². The van der Waals surface area contributed by atoms with Gasteiger partial charge in [-0.3, -0.25) is 14.9 Å². The van der Waals surface area contributed by atoms with Crippen molar-refractivity contribution in [1.82, 2.24) is 4.57 Å². The van der Waals surface area contributed by atoms with Gasteiger partial charge in [0.25, 0.3) is 11.2 Å². The number of anilines is 1. The van der Waals surface area contributed by atoms with Crippen molar-refractivity contribution in [2.24, 2.45) is 0 Å². The Balaban J connectivity index is 2.43. The highest BCUT2D eigenvalue weighted by atomic mass is 16.6. The Kier molecular flexibility index (Phi) is 4.90. The number of hydrogen-bond donors (Lipinski definition) is 1. The van der Waals surface area contributed by atoms with Crippen molar-refractivity contribution in [3.8, 4) is 11.3 Å². The van der Waals surface area contributed by atoms with Gasteiger partial charge in [0.1, 0.15) is 0 Å². The van der Waals surface area contributed by atoms with Crippen LogP contribution in [0, 0.1) is 10.1 Å². The Morgan fingerprint density at radius 3 is 2.50 bits per heavy atom. The van der Waals surface area contributed by atoms with E-state index in [1.54, 1.807) is 35.9 Å². The molecule has 2 aromatic rings. The Hall–Kier alpha value is -2.67. The molecule has 1 heterocycles. The van der Waals surface area contributed by atoms with Crippen LogP contribution in [0.1, 0.15) is 6.42 Å². The molecular weight excluding hydrogens is 286 g/mol. The molecule has 0 radical (unpaired) electrons. The van der Waals surface area contributed by atoms with Gasteiger partial charge in [-0.1, -0.05) is 0 Å². The first kappa shape index (κ1) is 15.7. The Morgan fingerprint density at radius 1 is 1.23 bits per heavy atom. The first-order valence-electron chi connectivity index (χ1n) is 6.77. The van der Waals surface area contributed by atoms with Crippen molar-refractivity contribution < 1.29 is 9.66 Å². The van der Waals surface area contributed by atoms with E-state index in [2.05, 4.69) is 0 Å². The van der Waals surface area contributed by atoms with Crippen molar-refractivity contribution in [3.05, 3.63) is 56.9 Å². The lowest BCUT2D eigenvalue weighted by Gasteiger charge is -2.13. The standard InChI is InChI=1S/C15H17N3O4/c1-22-10-2-9-17-14(8-7-13(16)15(17)19)11-3-5-12(6-4-11)18(20)21/h3-8H,2,9-10,16H2,1H3. The molecule has 1 aromatic heterocycles. The first-order chi connectivity index (χ1) is 10.5. The largest absolute Gasteiger partial charge is 0.394 e. The first-order valence-corrected chi connectivity index (χ1v) is 6.77. The Bertz CT molecular complexity index is 723. The summed E-state index contributed by atoms with van der Waals surface area (Å²) in [6.07, 6.45) is 0.667. The highest BCUT2D eigenvalue weighted by molar-refractivity contribution is 5.63. The van der Waals surface area contributed by atoms with E-state index in [0.717, 1.165) is 5.56 Å². The molecule has 0 aliphatic carbocycles. The fraction of sp³-hybridized carbons (Fsp3) is 0.267. The predicted octanol–water partition coefficient (Wildman–Crippen LogP) is 2.04. The minimum atomic E-state index is -0.460. The van der Waals surface area contributed by atoms with Gasteiger partial charge in [0.2, 0.25) is 0 Å². The van der Waals surface area contributed by atoms with Gasteiger partial charge < -0.3 is 15.0 Å². The highest BCUT2D eigenvalue weighted by Gasteiger charge is 2.11. The number of hydrogen-bond acceptors (Lipinski definition) is 5. The number of rotatable bonds is 6. The van der Waals surface area contributed by atoms with Crippen molar-refractivity contribution in [1.29, 1.82) is 0 Å². The summed E-state index contributed by atoms with van der Waals surface area (Å²) in [5.41, 5.74) is 6.98. The van der Waals surface area contributed by atoms with E-state index in [0.29, 0.717) is 25.3 Å². The molecule has 2 N–H and O–H groups in total. The summed E-state index contributed by atoms with van der Waals surface area (Å²) in [7, 11) is 1.60. The van der Waals surface area contributed by atoms with Crippen LogP contribution < -0.4 is 11.3 Å². The van der Waals surface area contributed by atoms with Crippen molar-refractivity contribution in [2.75, 3.05) is 19.5 Å². The maximum atomic E-state index is 12.2. The van der Waals surface area contributed by atoms with Crippen LogP contribution in [0.25, 0.3) is 11.3 Å². The summed E-state index contributed by atoms with van der Waals surface area (Å²) in [6.45, 7) is 0.991. The van der Waals surface area contributed by atoms with Crippen molar-refractivity contribution in [2.45, 2.75) is 13.0 Å². The summed E-state index contributed by atoms with van der Waals surface area (Å²) >= 11 is 0. The van der Waals surface area contributed by atoms with Gasteiger partial charge in [0.15, 0.2) is 0 Å². The van der Waals surface area contributed by atoms with Gasteiger partial charge in [-0.05, 0) is 36.2 Å². The lowest BCUT2D eigenvalue weighted by atomic mass is 10.1. The van der Waals surface area contributed by atoms with Gasteiger partial charge in [0, 0.05) is 32.4 Å². The average Bonchev–Trinajstić information content (AvgIpc) is 2.52. The van der Waals surface area contributed by atoms with Gasteiger partial charge >= 0.3 is 0 Å². The zero-order valence-corrected chi connectivity index (χ0v) is 12.2. The third-order valence-electron chi connectivity index (χ3n) is 3.31. The summed E-state index contributed by atoms with van der Waals surface area (Å²) in [4.78, 5) is 22.5. The van der Waals surface area contributed by atoms with Crippen LogP contribution in [-0.2, 0) is 11.3 Å². The molecule has 1 aromatic carbocycles. The quantitative estimate of drug-likeness (QED) is 0.500. The summed E-state index contributed by atoms with van der Waals surface area (Å²) in [6, 6.07) is 9.35. The molecule has 0 amide bonds. The summed E-state index contributed by atoms with van der Waals surface area (Å²) in [5.74, 6) is 0. The molecule has 0 fully saturated rings. The fourth-order valence-corrected chi connectivity index (χ4v) is 2.19. The molecule has 22 heavy (non-hydrogen) atoms. The Labute approximate surface area is 127 Å². The number of pyridine rings is 1. The van der Waals surface area contributed by atoms with E-state index in [1.165, 1.54) is 12.1 Å². The summed E-state index contributed by atoms with van der Waals surface area (Å²) < 4.78 is 6.56. The van der Waals surface area contributed by atoms with Gasteiger partial charge in [-0.2, -0.15) is 0 Å². The predicted molar refractivity (Wildman–Crippen MR) is 83.7 cm³/mol. The second kappa shape index (κ2) is 6.86. The number of nitro benzene ring substituents is 1. The van der Waals surface area contributed by atoms with Gasteiger partial charge in [-0.25, -0.2) is 0 Å². The second-order valence-electron chi connectivity index (χ2n) is 4.78. The molecule has 0 atom stereocenters. The maximum Gasteiger partial charge on any atom is 0.274 e. The number of nitro groups is 1. The molecule has 0 bridgehead atoms. The Morgan fingerprint density at radius 2 is 1.91 bits per heavy atom. The van der Waals surface area contributed by atoms with E-state index in [9.17, 15) is 14.9 Å². The molecule has 0 spiro atoms. The monoisotopic (exact) mass is 303 g/mol. The van der Waals surface area contributed by atoms with Gasteiger partial charge in [-0.15, -0.1) is 0 Å². The second-order valence-corrected chi connectivity index (χ2v) is 4.78. The van der Waals surface area contributed by atoms with E-state index in [4.69, 9.17) is 10.5 Å². The van der Waals surface area contributed by atoms with E-state index in [1.807, 2.05) is 0 Å². The molecular formula is C15H17N3O4. The molecule has 7 nitrogen and oxygen atoms in total. The molecule has 116 valence electrons. The van der Waals surface area contributed by atoms with Crippen molar-refractivity contribution in [3.63, 3.8) is 0 Å². The third kappa shape index (κ3) is 3.32. The highest BCUT2D eigenvalue weighted by Crippen LogP contribution is 2.22. The molecule has 0 aliphatic heterocycles. The topological polar surface area (TPSA) is 100 Å². The number of nitrogens with zero attached hydrogens (tertiary/aromatic N) is 2. The number of aromatic nitrogens is 1. The van der Waals surface area contributed by atoms with Crippen LogP contribution in [0.3, 0.4) is 0 Å². The third-order valence-corrected chi connectivity index (χ3v) is 3.31. The molecule has 0 saturated carbocycles. The normalized spacial score (nSPS) is 10.6. The molecule has 0 saturated heterocycles. The van der Waals surface area contributed by atoms with Crippen LogP contribution in [0.2, 0.25) is 0 Å². The number of benzene rings is 1. The number of nitrogens with two attached hydrogens (primary N) is 1. The SMILES string of the molecule is COCCCn1c(-c2ccc([N+](=O)[O-])cc2)ccc(N)c1=O. The number of ether oxygens (including phenoxy) is 1. The zero-order valence-electron chi connectivity index (χ0n) is 12.2. The lowest BCUT2D eigenvalue weighted by Crippen LogP contribution is -2.24. The van der Waals surface area contributed by atoms with Crippen molar-refractivity contribution >= 4 is 11.4 Å². The zero-order chi connectivity index (χ0) is 16.1. The van der Waals surface area contributed by atoms with Crippen LogP contribution in [0.4, 0.5) is 11.4 Å². The average molecular weight is 303 g/mol. The summed E-state index contributed by atoms with van der Waals surface area (Å²) in [5, 5.41) is 10.7. The molecule has 2 rings (SSSR count). The number of methoxy groups -OCH3 is 1. The van der Waals surface area contributed by atoms with Crippen LogP contribution in [0.5, 0.6) is 0 Å². The van der Waals surface area contributed by atoms with Crippen LogP contribution in [-0.4, -0.2) is 23.2 Å². The van der Waals surface area contributed by atoms with E-state index >= 15 is 0 Å². The van der Waals surface area contributed by atoms with Crippen LogP contribution in [0.15, 0.2) is 41.2 Å². The van der Waals surface area contributed by atoms with E-state index in [-0.39, 0.29) is 16.9 Å². The molecule has 7 heteroatoms. The van der Waals surface area contributed by atoms with Crippen LogP contribution >= 0.6 is 0 Å². The minimum Gasteiger partial charge on any atom is -0.394 e. The minimum absolute atomic E-state index is 0.00692. The molecule has 0 aliphatic rings. The lowest BCUT2D eigenvalue weighted by molar-refractivity contribution is -0.384. The molecule has 0 unspecified atom stereocenters. The fourth-order valence-electron chi connectivity index (χ4n) is 2.19. The van der Waals surface area contributed by atoms with Gasteiger partial charge in [0.05, 0.1) is 16.3 Å². The smallest absolute Gasteiger partial charge is 0.274 e. The number of nitrogen functional groups attached to an aromatic ring is 1. The number of non-ortho nitro benzene ring substituents is 1. The maximum absolute atomic E-state index is 12.2.